The van der Waals surface area contributed by atoms with Crippen LogP contribution in [-0.4, -0.2) is 38.7 Å². The molecule has 3 aromatic rings. The first kappa shape index (κ1) is 20.3. The van der Waals surface area contributed by atoms with Crippen molar-refractivity contribution in [3.63, 3.8) is 0 Å². The molecule has 30 heavy (non-hydrogen) atoms. The first-order valence-corrected chi connectivity index (χ1v) is 10.6. The number of furan rings is 1. The van der Waals surface area contributed by atoms with Crippen LogP contribution in [0.5, 0.6) is 0 Å². The maximum Gasteiger partial charge on any atom is 0.220 e. The predicted octanol–water partition coefficient (Wildman–Crippen LogP) is 3.05. The third-order valence-corrected chi connectivity index (χ3v) is 5.57. The molecular formula is C23H29N5O2. The van der Waals surface area contributed by atoms with E-state index >= 15 is 0 Å². The lowest BCUT2D eigenvalue weighted by molar-refractivity contribution is -0.121. The minimum atomic E-state index is -0.172. The van der Waals surface area contributed by atoms with Gasteiger partial charge >= 0.3 is 0 Å². The van der Waals surface area contributed by atoms with Crippen LogP contribution < -0.4 is 5.32 Å². The summed E-state index contributed by atoms with van der Waals surface area (Å²) >= 11 is 0. The molecule has 1 amide bonds. The van der Waals surface area contributed by atoms with Crippen molar-refractivity contribution in [1.82, 2.24) is 25.0 Å². The summed E-state index contributed by atoms with van der Waals surface area (Å²) in [6.45, 7) is 7.36. The van der Waals surface area contributed by atoms with Gasteiger partial charge in [-0.1, -0.05) is 30.3 Å². The molecule has 1 aliphatic rings. The van der Waals surface area contributed by atoms with Gasteiger partial charge in [0.05, 0.1) is 12.6 Å². The Kier molecular flexibility index (Phi) is 6.28. The van der Waals surface area contributed by atoms with E-state index in [1.54, 1.807) is 0 Å². The van der Waals surface area contributed by atoms with Crippen LogP contribution in [0.3, 0.4) is 0 Å². The van der Waals surface area contributed by atoms with Gasteiger partial charge in [-0.2, -0.15) is 0 Å². The highest BCUT2D eigenvalue weighted by atomic mass is 16.3. The van der Waals surface area contributed by atoms with Crippen LogP contribution >= 0.6 is 0 Å². The fourth-order valence-electron chi connectivity index (χ4n) is 3.94. The molecule has 0 saturated carbocycles. The number of nitrogens with zero attached hydrogens (tertiary/aromatic N) is 4. The third kappa shape index (κ3) is 4.97. The molecule has 1 aliphatic heterocycles. The van der Waals surface area contributed by atoms with Crippen LogP contribution in [0, 0.1) is 6.92 Å². The monoisotopic (exact) mass is 407 g/mol. The van der Waals surface area contributed by atoms with E-state index in [4.69, 9.17) is 4.42 Å². The number of amides is 1. The van der Waals surface area contributed by atoms with Gasteiger partial charge in [0.15, 0.2) is 5.82 Å². The average molecular weight is 408 g/mol. The normalized spacial score (nSPS) is 15.4. The van der Waals surface area contributed by atoms with E-state index < -0.39 is 0 Å². The second-order valence-electron chi connectivity index (χ2n) is 7.94. The number of carbonyl (C=O) groups excluding carboxylic acids is 1. The Labute approximate surface area is 177 Å². The molecule has 4 rings (SSSR count). The van der Waals surface area contributed by atoms with Gasteiger partial charge in [0, 0.05) is 32.5 Å². The molecule has 0 radical (unpaired) electrons. The van der Waals surface area contributed by atoms with Crippen molar-refractivity contribution >= 4 is 5.91 Å². The van der Waals surface area contributed by atoms with E-state index in [1.807, 2.05) is 56.3 Å². The molecule has 3 heterocycles. The van der Waals surface area contributed by atoms with Crippen molar-refractivity contribution in [1.29, 1.82) is 0 Å². The Hall–Kier alpha value is -2.93. The highest BCUT2D eigenvalue weighted by Gasteiger charge is 2.23. The minimum Gasteiger partial charge on any atom is -0.465 e. The van der Waals surface area contributed by atoms with Gasteiger partial charge in [0.25, 0.3) is 0 Å². The lowest BCUT2D eigenvalue weighted by Gasteiger charge is -2.19. The Bertz CT molecular complexity index is 979. The summed E-state index contributed by atoms with van der Waals surface area (Å²) in [6.07, 6.45) is 2.03. The van der Waals surface area contributed by atoms with Crippen LogP contribution in [0.15, 0.2) is 46.9 Å². The number of fused-ring (bicyclic) bond motifs is 1. The van der Waals surface area contributed by atoms with Crippen molar-refractivity contribution in [2.24, 2.45) is 0 Å². The first-order valence-electron chi connectivity index (χ1n) is 10.6. The molecule has 1 aromatic carbocycles. The molecule has 1 N–H and O–H groups in total. The van der Waals surface area contributed by atoms with Gasteiger partial charge in [-0.05, 0) is 38.0 Å². The summed E-state index contributed by atoms with van der Waals surface area (Å²) in [5.74, 6) is 3.77. The molecular weight excluding hydrogens is 378 g/mol. The fourth-order valence-corrected chi connectivity index (χ4v) is 3.94. The van der Waals surface area contributed by atoms with Crippen LogP contribution in [-0.2, 0) is 30.7 Å². The molecule has 1 atom stereocenters. The topological polar surface area (TPSA) is 76.2 Å². The quantitative estimate of drug-likeness (QED) is 0.651. The third-order valence-electron chi connectivity index (χ3n) is 5.57. The average Bonchev–Trinajstić information content (AvgIpc) is 3.29. The van der Waals surface area contributed by atoms with Gasteiger partial charge in [0.2, 0.25) is 5.91 Å². The molecule has 0 bridgehead atoms. The molecule has 7 nitrogen and oxygen atoms in total. The second-order valence-corrected chi connectivity index (χ2v) is 7.94. The van der Waals surface area contributed by atoms with Crippen molar-refractivity contribution in [3.05, 3.63) is 71.2 Å². The highest BCUT2D eigenvalue weighted by molar-refractivity contribution is 5.76. The zero-order valence-corrected chi connectivity index (χ0v) is 17.7. The lowest BCUT2D eigenvalue weighted by Crippen LogP contribution is -2.30. The molecule has 2 aromatic heterocycles. The maximum atomic E-state index is 12.4. The van der Waals surface area contributed by atoms with Crippen molar-refractivity contribution in [2.75, 3.05) is 13.1 Å². The number of carbonyl (C=O) groups is 1. The summed E-state index contributed by atoms with van der Waals surface area (Å²) < 4.78 is 7.88. The van der Waals surface area contributed by atoms with E-state index in [0.29, 0.717) is 6.42 Å². The van der Waals surface area contributed by atoms with Gasteiger partial charge < -0.3 is 14.3 Å². The smallest absolute Gasteiger partial charge is 0.220 e. The zero-order valence-electron chi connectivity index (χ0n) is 17.7. The Morgan fingerprint density at radius 3 is 2.73 bits per heavy atom. The zero-order chi connectivity index (χ0) is 20.9. The van der Waals surface area contributed by atoms with Gasteiger partial charge in [-0.25, -0.2) is 0 Å². The summed E-state index contributed by atoms with van der Waals surface area (Å²) in [5, 5.41) is 11.9. The van der Waals surface area contributed by atoms with E-state index in [-0.39, 0.29) is 11.9 Å². The van der Waals surface area contributed by atoms with Gasteiger partial charge in [-0.15, -0.1) is 10.2 Å². The largest absolute Gasteiger partial charge is 0.465 e. The molecule has 0 saturated heterocycles. The summed E-state index contributed by atoms with van der Waals surface area (Å²) in [7, 11) is 0. The number of hydrogen-bond donors (Lipinski definition) is 1. The van der Waals surface area contributed by atoms with Crippen molar-refractivity contribution < 1.29 is 9.21 Å². The number of benzene rings is 1. The number of hydrogen-bond acceptors (Lipinski definition) is 5. The Morgan fingerprint density at radius 2 is 1.97 bits per heavy atom. The van der Waals surface area contributed by atoms with Crippen LogP contribution in [0.2, 0.25) is 0 Å². The SMILES string of the molecule is Cc1ccc(CN2CCc3nnc([C@H](C)NC(=O)CCc4ccccc4)n3CC2)o1. The van der Waals surface area contributed by atoms with E-state index in [1.165, 1.54) is 5.56 Å². The number of rotatable bonds is 7. The van der Waals surface area contributed by atoms with Gasteiger partial charge in [0.1, 0.15) is 17.3 Å². The maximum absolute atomic E-state index is 12.4. The number of nitrogens with one attached hydrogen (secondary N) is 1. The van der Waals surface area contributed by atoms with Crippen LogP contribution in [0.25, 0.3) is 0 Å². The molecule has 7 heteroatoms. The summed E-state index contributed by atoms with van der Waals surface area (Å²) in [6, 6.07) is 13.9. The summed E-state index contributed by atoms with van der Waals surface area (Å²) in [4.78, 5) is 14.8. The fraction of sp³-hybridized carbons (Fsp3) is 0.435. The summed E-state index contributed by atoms with van der Waals surface area (Å²) in [5.41, 5.74) is 1.17. The molecule has 0 unspecified atom stereocenters. The van der Waals surface area contributed by atoms with E-state index in [2.05, 4.69) is 25.0 Å². The highest BCUT2D eigenvalue weighted by Crippen LogP contribution is 2.18. The standard InChI is InChI=1S/C23H29N5O2/c1-17-8-10-20(30-17)16-27-13-12-21-25-26-23(28(21)15-14-27)18(2)24-22(29)11-9-19-6-4-3-5-7-19/h3-8,10,18H,9,11-16H2,1-2H3,(H,24,29)/t18-/m0/s1. The molecule has 0 aliphatic carbocycles. The first-order chi connectivity index (χ1) is 14.6. The molecule has 0 fully saturated rings. The predicted molar refractivity (Wildman–Crippen MR) is 114 cm³/mol. The number of aromatic nitrogens is 3. The lowest BCUT2D eigenvalue weighted by atomic mass is 10.1. The Balaban J connectivity index is 1.33. The Morgan fingerprint density at radius 1 is 1.13 bits per heavy atom. The van der Waals surface area contributed by atoms with E-state index in [0.717, 1.165) is 62.2 Å². The second kappa shape index (κ2) is 9.26. The molecule has 158 valence electrons. The number of aryl methyl sites for hydroxylation is 2. The molecule has 0 spiro atoms. The minimum absolute atomic E-state index is 0.0344. The van der Waals surface area contributed by atoms with E-state index in [9.17, 15) is 4.79 Å². The van der Waals surface area contributed by atoms with Crippen molar-refractivity contribution in [2.45, 2.75) is 52.2 Å². The van der Waals surface area contributed by atoms with Crippen molar-refractivity contribution in [3.8, 4) is 0 Å². The van der Waals surface area contributed by atoms with Gasteiger partial charge in [-0.3, -0.25) is 9.69 Å². The van der Waals surface area contributed by atoms with Crippen LogP contribution in [0.1, 0.15) is 48.1 Å². The van der Waals surface area contributed by atoms with Crippen LogP contribution in [0.4, 0.5) is 0 Å².